The summed E-state index contributed by atoms with van der Waals surface area (Å²) in [5.41, 5.74) is 0.982. The van der Waals surface area contributed by atoms with Crippen molar-refractivity contribution in [3.8, 4) is 17.0 Å². The molecule has 0 radical (unpaired) electrons. The van der Waals surface area contributed by atoms with Crippen molar-refractivity contribution in [2.75, 3.05) is 32.8 Å². The van der Waals surface area contributed by atoms with Crippen LogP contribution in [0.4, 0.5) is 13.2 Å². The molecule has 0 spiro atoms. The molecule has 2 fully saturated rings. The Morgan fingerprint density at radius 3 is 2.54 bits per heavy atom. The molecule has 0 bridgehead atoms. The molecule has 2 aromatic rings. The fourth-order valence-corrected chi connectivity index (χ4v) is 4.64. The minimum atomic E-state index is -2.64. The summed E-state index contributed by atoms with van der Waals surface area (Å²) in [7, 11) is 0. The molecule has 200 valence electrons. The van der Waals surface area contributed by atoms with Gasteiger partial charge in [0.15, 0.2) is 0 Å². The molecule has 37 heavy (non-hydrogen) atoms. The monoisotopic (exact) mass is 518 g/mol. The number of pyridine rings is 1. The maximum Gasteiger partial charge on any atom is 0.260 e. The van der Waals surface area contributed by atoms with Crippen molar-refractivity contribution < 1.29 is 27.5 Å². The maximum absolute atomic E-state index is 14.7. The zero-order chi connectivity index (χ0) is 26.4. The van der Waals surface area contributed by atoms with E-state index in [0.29, 0.717) is 43.1 Å². The van der Waals surface area contributed by atoms with Gasteiger partial charge in [-0.3, -0.25) is 19.8 Å². The Balaban J connectivity index is 1.27. The highest BCUT2D eigenvalue weighted by atomic mass is 19.3. The molecule has 3 heterocycles. The van der Waals surface area contributed by atoms with Gasteiger partial charge >= 0.3 is 0 Å². The zero-order valence-corrected chi connectivity index (χ0v) is 20.9. The molecule has 7 nitrogen and oxygen atoms in total. The van der Waals surface area contributed by atoms with Gasteiger partial charge in [-0.2, -0.15) is 0 Å². The number of rotatable bonds is 9. The second-order valence-electron chi connectivity index (χ2n) is 9.79. The van der Waals surface area contributed by atoms with E-state index in [4.69, 9.17) is 4.74 Å². The number of benzene rings is 1. The largest absolute Gasteiger partial charge is 0.477 e. The highest BCUT2D eigenvalue weighted by molar-refractivity contribution is 6.06. The number of carbonyl (C=O) groups excluding carboxylic acids is 2. The van der Waals surface area contributed by atoms with Crippen LogP contribution in [-0.4, -0.2) is 66.4 Å². The lowest BCUT2D eigenvalue weighted by atomic mass is 9.97. The lowest BCUT2D eigenvalue weighted by molar-refractivity contribution is -0.121. The van der Waals surface area contributed by atoms with E-state index in [-0.39, 0.29) is 24.4 Å². The van der Waals surface area contributed by atoms with Crippen LogP contribution in [0.3, 0.4) is 0 Å². The van der Waals surface area contributed by atoms with Crippen molar-refractivity contribution in [2.24, 2.45) is 5.92 Å². The molecule has 0 saturated carbocycles. The normalized spacial score (nSPS) is 19.1. The first kappa shape index (κ1) is 27.1. The number of nitrogens with one attached hydrogen (secondary N) is 2. The molecule has 1 aromatic carbocycles. The Morgan fingerprint density at radius 1 is 1.16 bits per heavy atom. The molecule has 4 rings (SSSR count). The van der Waals surface area contributed by atoms with E-state index in [9.17, 15) is 22.8 Å². The fourth-order valence-electron chi connectivity index (χ4n) is 4.64. The van der Waals surface area contributed by atoms with Crippen LogP contribution in [-0.2, 0) is 4.79 Å². The number of carbonyl (C=O) groups is 2. The topological polar surface area (TPSA) is 83.6 Å². The van der Waals surface area contributed by atoms with Crippen LogP contribution in [0.2, 0.25) is 0 Å². The number of alkyl halides is 2. The van der Waals surface area contributed by atoms with Crippen molar-refractivity contribution in [1.29, 1.82) is 0 Å². The Morgan fingerprint density at radius 2 is 1.92 bits per heavy atom. The van der Waals surface area contributed by atoms with Crippen molar-refractivity contribution in [3.05, 3.63) is 47.9 Å². The van der Waals surface area contributed by atoms with E-state index in [1.807, 2.05) is 4.90 Å². The Kier molecular flexibility index (Phi) is 8.81. The quantitative estimate of drug-likeness (QED) is 0.488. The van der Waals surface area contributed by atoms with E-state index in [1.165, 1.54) is 19.1 Å². The molecule has 0 unspecified atom stereocenters. The predicted molar refractivity (Wildman–Crippen MR) is 133 cm³/mol. The molecule has 1 aromatic heterocycles. The number of hydrogen-bond acceptors (Lipinski definition) is 6. The Bertz CT molecular complexity index is 1080. The highest BCUT2D eigenvalue weighted by Crippen LogP contribution is 2.26. The number of piperidine rings is 1. The lowest BCUT2D eigenvalue weighted by Gasteiger charge is -2.33. The van der Waals surface area contributed by atoms with Crippen LogP contribution >= 0.6 is 0 Å². The van der Waals surface area contributed by atoms with Crippen LogP contribution in [0.5, 0.6) is 5.88 Å². The van der Waals surface area contributed by atoms with Gasteiger partial charge < -0.3 is 10.1 Å². The van der Waals surface area contributed by atoms with Crippen LogP contribution in [0.1, 0.15) is 49.4 Å². The minimum absolute atomic E-state index is 0.150. The summed E-state index contributed by atoms with van der Waals surface area (Å²) in [5.74, 6) is -3.89. The molecule has 2 amide bonds. The van der Waals surface area contributed by atoms with Gasteiger partial charge in [-0.25, -0.2) is 18.2 Å². The first-order chi connectivity index (χ1) is 17.7. The highest BCUT2D eigenvalue weighted by Gasteiger charge is 2.31. The third-order valence-electron chi connectivity index (χ3n) is 7.04. The summed E-state index contributed by atoms with van der Waals surface area (Å²) in [5, 5.41) is 5.26. The maximum atomic E-state index is 14.7. The fraction of sp³-hybridized carbons (Fsp3) is 0.519. The number of halogens is 3. The second kappa shape index (κ2) is 12.0. The van der Waals surface area contributed by atoms with Gasteiger partial charge in [0.1, 0.15) is 5.82 Å². The van der Waals surface area contributed by atoms with E-state index in [0.717, 1.165) is 25.8 Å². The Labute approximate surface area is 214 Å². The first-order valence-corrected chi connectivity index (χ1v) is 12.8. The van der Waals surface area contributed by atoms with E-state index in [2.05, 4.69) is 15.6 Å². The molecule has 2 saturated heterocycles. The SMILES string of the molecule is CCC(F)(F)CN1CCC(COc2ccc(-c3ccc(C(=O)NC(=O)[C@@H]4CCCN4)c(F)c3)cn2)CC1. The number of imide groups is 1. The van der Waals surface area contributed by atoms with E-state index >= 15 is 0 Å². The smallest absolute Gasteiger partial charge is 0.260 e. The number of likely N-dealkylation sites (tertiary alicyclic amines) is 1. The van der Waals surface area contributed by atoms with Crippen molar-refractivity contribution in [3.63, 3.8) is 0 Å². The number of aromatic nitrogens is 1. The van der Waals surface area contributed by atoms with Crippen LogP contribution in [0.25, 0.3) is 11.1 Å². The summed E-state index contributed by atoms with van der Waals surface area (Å²) in [6.45, 7) is 3.74. The molecule has 2 aliphatic heterocycles. The lowest BCUT2D eigenvalue weighted by Crippen LogP contribution is -2.43. The van der Waals surface area contributed by atoms with Gasteiger partial charge in [0.25, 0.3) is 11.8 Å². The molecule has 0 aliphatic carbocycles. The van der Waals surface area contributed by atoms with Crippen LogP contribution < -0.4 is 15.4 Å². The molecule has 1 atom stereocenters. The van der Waals surface area contributed by atoms with Crippen LogP contribution in [0, 0.1) is 11.7 Å². The van der Waals surface area contributed by atoms with Gasteiger partial charge in [0.05, 0.1) is 24.8 Å². The third kappa shape index (κ3) is 7.29. The number of hydrogen-bond donors (Lipinski definition) is 2. The van der Waals surface area contributed by atoms with Gasteiger partial charge in [-0.1, -0.05) is 13.0 Å². The molecular weight excluding hydrogens is 485 g/mol. The summed E-state index contributed by atoms with van der Waals surface area (Å²) in [6, 6.07) is 7.21. The summed E-state index contributed by atoms with van der Waals surface area (Å²) in [4.78, 5) is 30.6. The van der Waals surface area contributed by atoms with Gasteiger partial charge in [0.2, 0.25) is 11.8 Å². The number of ether oxygens (including phenoxy) is 1. The van der Waals surface area contributed by atoms with Crippen molar-refractivity contribution >= 4 is 11.8 Å². The van der Waals surface area contributed by atoms with Crippen molar-refractivity contribution in [1.82, 2.24) is 20.5 Å². The number of nitrogens with zero attached hydrogens (tertiary/aromatic N) is 2. The molecule has 2 N–H and O–H groups in total. The molecular formula is C27H33F3N4O3. The third-order valence-corrected chi connectivity index (χ3v) is 7.04. The average molecular weight is 519 g/mol. The average Bonchev–Trinajstić information content (AvgIpc) is 3.44. The predicted octanol–water partition coefficient (Wildman–Crippen LogP) is 4.03. The van der Waals surface area contributed by atoms with Gasteiger partial charge in [-0.15, -0.1) is 0 Å². The summed E-state index contributed by atoms with van der Waals surface area (Å²) >= 11 is 0. The molecule has 10 heteroatoms. The Hall–Kier alpha value is -2.98. The van der Waals surface area contributed by atoms with Crippen molar-refractivity contribution in [2.45, 2.75) is 51.0 Å². The van der Waals surface area contributed by atoms with E-state index in [1.54, 1.807) is 24.4 Å². The second-order valence-corrected chi connectivity index (χ2v) is 9.79. The standard InChI is InChI=1S/C27H33F3N4O3/c1-2-27(29,30)17-34-12-9-18(10-13-34)16-37-24-8-6-20(15-32-24)19-5-7-21(22(28)14-19)25(35)33-26(36)23-4-3-11-31-23/h5-8,14-15,18,23,31H,2-4,9-13,16-17H2,1H3,(H,33,35,36)/t23-/m0/s1. The van der Waals surface area contributed by atoms with Gasteiger partial charge in [-0.05, 0) is 75.0 Å². The summed E-state index contributed by atoms with van der Waals surface area (Å²) < 4.78 is 47.7. The summed E-state index contributed by atoms with van der Waals surface area (Å²) in [6.07, 6.45) is 4.50. The molecule has 2 aliphatic rings. The zero-order valence-electron chi connectivity index (χ0n) is 20.9. The minimum Gasteiger partial charge on any atom is -0.477 e. The first-order valence-electron chi connectivity index (χ1n) is 12.8. The van der Waals surface area contributed by atoms with Crippen LogP contribution in [0.15, 0.2) is 36.5 Å². The number of amides is 2. The van der Waals surface area contributed by atoms with Gasteiger partial charge in [0, 0.05) is 24.2 Å². The van der Waals surface area contributed by atoms with E-state index < -0.39 is 29.6 Å².